The third-order valence-electron chi connectivity index (χ3n) is 9.90. The van der Waals surface area contributed by atoms with E-state index in [-0.39, 0.29) is 53.2 Å². The van der Waals surface area contributed by atoms with E-state index in [4.69, 9.17) is 3.63 Å². The van der Waals surface area contributed by atoms with Gasteiger partial charge in [0.25, 0.3) is 0 Å². The molecule has 0 amide bonds. The van der Waals surface area contributed by atoms with Crippen LogP contribution in [0.3, 0.4) is 0 Å². The lowest BCUT2D eigenvalue weighted by atomic mass is 10.00. The van der Waals surface area contributed by atoms with Crippen molar-refractivity contribution in [2.75, 3.05) is 0 Å². The highest BCUT2D eigenvalue weighted by atomic mass is 32.3. The molecule has 0 radical (unpaired) electrons. The van der Waals surface area contributed by atoms with Crippen molar-refractivity contribution in [3.8, 4) is 0 Å². The molecule has 0 bridgehead atoms. The average Bonchev–Trinajstić information content (AvgIpc) is 3.14. The standard InChI is InChI=1S/C40H51F9O3S2/c1-10-25-19-28(13-4)34(29(14-5)20-25)53(35-30(15-6)21-26(11-2)22-31(35)16-7,36-32(17-8)23-27(12-3)24-33(36)18-9)52-54(50,51)40(48,49)38(43,44)37(41,42)39(45,46)47/h19-24H,10-18H2,1-9H3. The number of hydrogen-bond acceptors (Lipinski definition) is 3. The third-order valence-corrected chi connectivity index (χ3v) is 15.6. The van der Waals surface area contributed by atoms with Crippen LogP contribution in [0.15, 0.2) is 51.1 Å². The SMILES string of the molecule is CCc1cc(CC)c(S(OS(=O)(=O)C(F)(F)C(F)(F)C(F)(F)C(F)(F)F)(c2c(CC)cc(CC)cc2CC)c2c(CC)cc(CC)cc2CC)c(CC)c1. The molecule has 3 aromatic carbocycles. The number of hydrogen-bond donors (Lipinski definition) is 0. The topological polar surface area (TPSA) is 43.4 Å². The summed E-state index contributed by atoms with van der Waals surface area (Å²) in [7, 11) is -11.7. The van der Waals surface area contributed by atoms with Gasteiger partial charge in [0.15, 0.2) is 0 Å². The van der Waals surface area contributed by atoms with E-state index in [0.717, 1.165) is 16.7 Å². The fourth-order valence-electron chi connectivity index (χ4n) is 6.88. The Balaban J connectivity index is 2.93. The molecule has 3 rings (SSSR count). The lowest BCUT2D eigenvalue weighted by Crippen LogP contribution is -2.63. The largest absolute Gasteiger partial charge is 0.460 e. The van der Waals surface area contributed by atoms with Crippen molar-refractivity contribution in [1.29, 1.82) is 0 Å². The highest BCUT2D eigenvalue weighted by Crippen LogP contribution is 2.76. The summed E-state index contributed by atoms with van der Waals surface area (Å²) in [5, 5.41) is -7.07. The van der Waals surface area contributed by atoms with Gasteiger partial charge in [-0.3, -0.25) is 0 Å². The van der Waals surface area contributed by atoms with Gasteiger partial charge in [-0.1, -0.05) is 98.7 Å². The molecule has 0 aliphatic carbocycles. The monoisotopic (exact) mass is 814 g/mol. The van der Waals surface area contributed by atoms with E-state index in [1.54, 1.807) is 77.9 Å². The summed E-state index contributed by atoms with van der Waals surface area (Å²) in [5.74, 6) is -14.9. The Morgan fingerprint density at radius 2 is 0.667 bits per heavy atom. The molecule has 3 aromatic rings. The van der Waals surface area contributed by atoms with Crippen LogP contribution in [-0.2, 0) is 71.5 Å². The number of alkyl halides is 9. The first-order chi connectivity index (χ1) is 25.0. The zero-order chi connectivity index (χ0) is 41.2. The van der Waals surface area contributed by atoms with Crippen molar-refractivity contribution >= 4 is 20.4 Å². The third kappa shape index (κ3) is 7.56. The van der Waals surface area contributed by atoms with Crippen molar-refractivity contribution in [2.45, 2.75) is 158 Å². The van der Waals surface area contributed by atoms with Crippen molar-refractivity contribution in [1.82, 2.24) is 0 Å². The molecule has 14 heteroatoms. The van der Waals surface area contributed by atoms with Gasteiger partial charge in [0, 0.05) is 14.7 Å². The fraction of sp³-hybridized carbons (Fsp3) is 0.550. The molecule has 54 heavy (non-hydrogen) atoms. The minimum Gasteiger partial charge on any atom is -0.202 e. The van der Waals surface area contributed by atoms with E-state index in [1.807, 2.05) is 20.8 Å². The van der Waals surface area contributed by atoms with Gasteiger partial charge in [-0.25, -0.2) is 3.63 Å². The highest BCUT2D eigenvalue weighted by molar-refractivity contribution is 8.33. The quantitative estimate of drug-likeness (QED) is 0.128. The van der Waals surface area contributed by atoms with Gasteiger partial charge < -0.3 is 0 Å². The van der Waals surface area contributed by atoms with Gasteiger partial charge in [0.05, 0.1) is 0 Å². The van der Waals surface area contributed by atoms with Crippen LogP contribution in [-0.4, -0.2) is 31.7 Å². The second kappa shape index (κ2) is 16.8. The van der Waals surface area contributed by atoms with Crippen LogP contribution >= 0.6 is 10.3 Å². The Morgan fingerprint density at radius 3 is 0.852 bits per heavy atom. The summed E-state index contributed by atoms with van der Waals surface area (Å²) in [4.78, 5) is 0.367. The fourth-order valence-corrected chi connectivity index (χ4v) is 13.6. The first-order valence-electron chi connectivity index (χ1n) is 18.4. The maximum absolute atomic E-state index is 16.1. The molecule has 0 unspecified atom stereocenters. The molecule has 0 atom stereocenters. The maximum Gasteiger partial charge on any atom is 0.460 e. The molecule has 0 saturated heterocycles. The zero-order valence-electron chi connectivity index (χ0n) is 32.3. The van der Waals surface area contributed by atoms with Gasteiger partial charge in [-0.2, -0.15) is 47.9 Å². The van der Waals surface area contributed by atoms with Crippen LogP contribution in [0.1, 0.15) is 112 Å². The molecule has 0 fully saturated rings. The molecule has 0 N–H and O–H groups in total. The minimum atomic E-state index is -7.48. The molecule has 0 aliphatic rings. The Labute approximate surface area is 315 Å². The summed E-state index contributed by atoms with van der Waals surface area (Å²) in [5.41, 5.74) is 5.05. The zero-order valence-corrected chi connectivity index (χ0v) is 33.9. The molecule has 3 nitrogen and oxygen atoms in total. The first-order valence-corrected chi connectivity index (χ1v) is 21.4. The van der Waals surface area contributed by atoms with E-state index in [1.165, 1.54) is 0 Å². The molecule has 0 saturated carbocycles. The molecular formula is C40H51F9O3S2. The van der Waals surface area contributed by atoms with Crippen molar-refractivity contribution in [2.24, 2.45) is 0 Å². The van der Waals surface area contributed by atoms with Gasteiger partial charge in [-0.15, -0.1) is 0 Å². The van der Waals surface area contributed by atoms with Crippen LogP contribution in [0.5, 0.6) is 0 Å². The minimum absolute atomic E-state index is 0.122. The van der Waals surface area contributed by atoms with Gasteiger partial charge >= 0.3 is 33.4 Å². The van der Waals surface area contributed by atoms with Crippen LogP contribution < -0.4 is 0 Å². The predicted molar refractivity (Wildman–Crippen MR) is 197 cm³/mol. The Kier molecular flexibility index (Phi) is 14.2. The van der Waals surface area contributed by atoms with Crippen molar-refractivity contribution < 1.29 is 51.6 Å². The lowest BCUT2D eigenvalue weighted by Gasteiger charge is -2.47. The van der Waals surface area contributed by atoms with Crippen LogP contribution in [0.25, 0.3) is 0 Å². The Morgan fingerprint density at radius 1 is 0.426 bits per heavy atom. The number of halogens is 9. The maximum atomic E-state index is 16.1. The van der Waals surface area contributed by atoms with Gasteiger partial charge in [-0.05, 0) is 118 Å². The van der Waals surface area contributed by atoms with E-state index in [9.17, 15) is 30.4 Å². The molecule has 0 spiro atoms. The summed E-state index contributed by atoms with van der Waals surface area (Å²) in [6.07, 6.45) is -4.63. The van der Waals surface area contributed by atoms with Crippen LogP contribution in [0.2, 0.25) is 0 Å². The van der Waals surface area contributed by atoms with Crippen molar-refractivity contribution in [3.63, 3.8) is 0 Å². The molecule has 0 aliphatic heterocycles. The Bertz CT molecular complexity index is 1690. The summed E-state index contributed by atoms with van der Waals surface area (Å²) < 4.78 is 166. The second-order valence-electron chi connectivity index (χ2n) is 13.2. The van der Waals surface area contributed by atoms with Crippen molar-refractivity contribution in [3.05, 3.63) is 86.5 Å². The smallest absolute Gasteiger partial charge is 0.202 e. The van der Waals surface area contributed by atoms with Gasteiger partial charge in [0.2, 0.25) is 0 Å². The molecular weight excluding hydrogens is 764 g/mol. The van der Waals surface area contributed by atoms with E-state index in [0.29, 0.717) is 52.6 Å². The van der Waals surface area contributed by atoms with E-state index >= 15 is 17.6 Å². The summed E-state index contributed by atoms with van der Waals surface area (Å²) in [6, 6.07) is 10.5. The Hall–Kier alpha value is -2.71. The lowest BCUT2D eigenvalue weighted by molar-refractivity contribution is -0.382. The molecule has 0 heterocycles. The van der Waals surface area contributed by atoms with Crippen LogP contribution in [0.4, 0.5) is 39.5 Å². The van der Waals surface area contributed by atoms with E-state index < -0.39 is 43.7 Å². The number of rotatable bonds is 17. The molecule has 0 aromatic heterocycles. The van der Waals surface area contributed by atoms with E-state index in [2.05, 4.69) is 0 Å². The highest BCUT2D eigenvalue weighted by Gasteiger charge is 2.86. The molecule has 304 valence electrons. The average molecular weight is 815 g/mol. The first kappa shape index (κ1) is 45.7. The number of benzene rings is 3. The van der Waals surface area contributed by atoms with Crippen LogP contribution in [0, 0.1) is 0 Å². The predicted octanol–water partition coefficient (Wildman–Crippen LogP) is 12.7. The normalized spacial score (nSPS) is 13.8. The second-order valence-corrected chi connectivity index (χ2v) is 17.5. The van der Waals surface area contributed by atoms with Gasteiger partial charge in [0.1, 0.15) is 0 Å². The summed E-state index contributed by atoms with van der Waals surface area (Å²) in [6.45, 7) is 16.1. The number of aryl methyl sites for hydroxylation is 9. The summed E-state index contributed by atoms with van der Waals surface area (Å²) >= 11 is 0.